The maximum atomic E-state index is 11.2. The van der Waals surface area contributed by atoms with Crippen molar-refractivity contribution in [2.24, 2.45) is 0 Å². The van der Waals surface area contributed by atoms with E-state index in [-0.39, 0.29) is 5.75 Å². The lowest BCUT2D eigenvalue weighted by atomic mass is 10.0. The van der Waals surface area contributed by atoms with Crippen LogP contribution in [0, 0.1) is 0 Å². The average Bonchev–Trinajstić information content (AvgIpc) is 2.27. The van der Waals surface area contributed by atoms with Crippen LogP contribution in [0.2, 0.25) is 5.02 Å². The van der Waals surface area contributed by atoms with Gasteiger partial charge in [-0.25, -0.2) is 8.42 Å². The van der Waals surface area contributed by atoms with Crippen molar-refractivity contribution in [1.82, 2.24) is 0 Å². The van der Waals surface area contributed by atoms with E-state index in [4.69, 9.17) is 31.8 Å². The van der Waals surface area contributed by atoms with Gasteiger partial charge < -0.3 is 9.47 Å². The molecule has 2 rings (SSSR count). The van der Waals surface area contributed by atoms with Crippen LogP contribution in [0.4, 0.5) is 0 Å². The third-order valence-corrected chi connectivity index (χ3v) is 4.03. The number of hydrogen-bond donors (Lipinski definition) is 0. The van der Waals surface area contributed by atoms with E-state index in [1.807, 2.05) is 6.92 Å². The van der Waals surface area contributed by atoms with Gasteiger partial charge in [-0.2, -0.15) is 0 Å². The van der Waals surface area contributed by atoms with Crippen molar-refractivity contribution in [3.05, 3.63) is 22.2 Å². The van der Waals surface area contributed by atoms with Crippen LogP contribution in [-0.4, -0.2) is 21.6 Å². The van der Waals surface area contributed by atoms with E-state index in [1.54, 1.807) is 6.07 Å². The quantitative estimate of drug-likeness (QED) is 0.806. The zero-order chi connectivity index (χ0) is 13.3. The Morgan fingerprint density at radius 3 is 2.61 bits per heavy atom. The van der Waals surface area contributed by atoms with Gasteiger partial charge in [0.1, 0.15) is 13.2 Å². The number of benzene rings is 1. The molecule has 1 heterocycles. The highest BCUT2D eigenvalue weighted by Gasteiger charge is 2.23. The molecule has 0 atom stereocenters. The molecule has 7 heteroatoms. The molecule has 4 nitrogen and oxygen atoms in total. The monoisotopic (exact) mass is 310 g/mol. The van der Waals surface area contributed by atoms with Crippen LogP contribution in [0.5, 0.6) is 11.5 Å². The molecule has 1 aliphatic rings. The van der Waals surface area contributed by atoms with Crippen molar-refractivity contribution in [3.63, 3.8) is 0 Å². The first-order valence-corrected chi connectivity index (χ1v) is 8.30. The summed E-state index contributed by atoms with van der Waals surface area (Å²) in [5.74, 6) is 0.683. The molecule has 0 fully saturated rings. The Kier molecular flexibility index (Phi) is 3.94. The first kappa shape index (κ1) is 13.8. The van der Waals surface area contributed by atoms with E-state index in [0.717, 1.165) is 5.56 Å². The van der Waals surface area contributed by atoms with Gasteiger partial charge in [0.05, 0.1) is 10.8 Å². The summed E-state index contributed by atoms with van der Waals surface area (Å²) in [6.07, 6.45) is 0.594. The summed E-state index contributed by atoms with van der Waals surface area (Å²) in [7, 11) is 1.65. The summed E-state index contributed by atoms with van der Waals surface area (Å²) in [6, 6.07) is 1.64. The standard InChI is InChI=1S/C11H12Cl2O4S/c1-2-8-7(6-18(13,14)15)5-9-11(10(8)12)17-4-3-16-9/h5H,2-4,6H2,1H3. The van der Waals surface area contributed by atoms with Crippen molar-refractivity contribution in [2.45, 2.75) is 19.1 Å². The lowest BCUT2D eigenvalue weighted by Crippen LogP contribution is -2.17. The van der Waals surface area contributed by atoms with Gasteiger partial charge in [-0.3, -0.25) is 0 Å². The van der Waals surface area contributed by atoms with Crippen molar-refractivity contribution >= 4 is 31.3 Å². The average molecular weight is 311 g/mol. The second-order valence-corrected chi connectivity index (χ2v) is 7.04. The summed E-state index contributed by atoms with van der Waals surface area (Å²) in [5, 5.41) is 0.407. The summed E-state index contributed by atoms with van der Waals surface area (Å²) in [6.45, 7) is 2.74. The number of halogens is 2. The Morgan fingerprint density at radius 1 is 1.33 bits per heavy atom. The smallest absolute Gasteiger partial charge is 0.236 e. The molecule has 100 valence electrons. The number of hydrogen-bond acceptors (Lipinski definition) is 4. The fourth-order valence-electron chi connectivity index (χ4n) is 1.93. The molecule has 0 spiro atoms. The highest BCUT2D eigenvalue weighted by molar-refractivity contribution is 8.13. The van der Waals surface area contributed by atoms with Gasteiger partial charge in [-0.15, -0.1) is 0 Å². The first-order valence-electron chi connectivity index (χ1n) is 5.44. The molecule has 0 aliphatic carbocycles. The van der Waals surface area contributed by atoms with Crippen molar-refractivity contribution in [3.8, 4) is 11.5 Å². The highest BCUT2D eigenvalue weighted by atomic mass is 35.7. The summed E-state index contributed by atoms with van der Waals surface area (Å²) < 4.78 is 33.3. The molecule has 1 aliphatic heterocycles. The topological polar surface area (TPSA) is 52.6 Å². The molecule has 18 heavy (non-hydrogen) atoms. The third kappa shape index (κ3) is 2.84. The molecule has 0 saturated heterocycles. The van der Waals surface area contributed by atoms with Crippen LogP contribution in [0.25, 0.3) is 0 Å². The maximum absolute atomic E-state index is 11.2. The second kappa shape index (κ2) is 5.15. The Hall–Kier alpha value is -0.650. The SMILES string of the molecule is CCc1c(CS(=O)(=O)Cl)cc2c(c1Cl)OCCO2. The van der Waals surface area contributed by atoms with E-state index in [0.29, 0.717) is 41.7 Å². The van der Waals surface area contributed by atoms with Gasteiger partial charge in [0.2, 0.25) is 9.05 Å². The van der Waals surface area contributed by atoms with Crippen LogP contribution < -0.4 is 9.47 Å². The molecule has 1 aromatic rings. The summed E-state index contributed by atoms with van der Waals surface area (Å²) in [5.41, 5.74) is 1.28. The Balaban J connectivity index is 2.55. The van der Waals surface area contributed by atoms with Crippen molar-refractivity contribution in [2.75, 3.05) is 13.2 Å². The number of ether oxygens (including phenoxy) is 2. The molecule has 0 amide bonds. The second-order valence-electron chi connectivity index (χ2n) is 3.89. The summed E-state index contributed by atoms with van der Waals surface area (Å²) >= 11 is 6.22. The minimum atomic E-state index is -3.64. The molecule has 0 aromatic heterocycles. The van der Waals surface area contributed by atoms with Crippen LogP contribution in [0.15, 0.2) is 6.07 Å². The van der Waals surface area contributed by atoms with Crippen LogP contribution in [0.3, 0.4) is 0 Å². The van der Waals surface area contributed by atoms with Gasteiger partial charge in [0, 0.05) is 10.7 Å². The zero-order valence-corrected chi connectivity index (χ0v) is 12.0. The van der Waals surface area contributed by atoms with Gasteiger partial charge in [-0.05, 0) is 23.6 Å². The third-order valence-electron chi connectivity index (χ3n) is 2.65. The van der Waals surface area contributed by atoms with Crippen molar-refractivity contribution in [1.29, 1.82) is 0 Å². The molecular formula is C11H12Cl2O4S. The van der Waals surface area contributed by atoms with Gasteiger partial charge in [-0.1, -0.05) is 18.5 Å². The Morgan fingerprint density at radius 2 is 2.00 bits per heavy atom. The minimum Gasteiger partial charge on any atom is -0.486 e. The molecule has 1 aromatic carbocycles. The van der Waals surface area contributed by atoms with E-state index in [9.17, 15) is 8.42 Å². The number of rotatable bonds is 3. The van der Waals surface area contributed by atoms with E-state index in [1.165, 1.54) is 0 Å². The molecule has 0 N–H and O–H groups in total. The van der Waals surface area contributed by atoms with E-state index in [2.05, 4.69) is 0 Å². The molecule has 0 saturated carbocycles. The lowest BCUT2D eigenvalue weighted by molar-refractivity contribution is 0.171. The minimum absolute atomic E-state index is 0.270. The fraction of sp³-hybridized carbons (Fsp3) is 0.455. The molecule has 0 unspecified atom stereocenters. The normalized spacial score (nSPS) is 14.6. The fourth-order valence-corrected chi connectivity index (χ4v) is 3.32. The van der Waals surface area contributed by atoms with Gasteiger partial charge in [0.15, 0.2) is 11.5 Å². The lowest BCUT2D eigenvalue weighted by Gasteiger charge is -2.22. The molecular weight excluding hydrogens is 299 g/mol. The first-order chi connectivity index (χ1) is 8.42. The van der Waals surface area contributed by atoms with Crippen LogP contribution >= 0.6 is 22.3 Å². The van der Waals surface area contributed by atoms with Gasteiger partial charge >= 0.3 is 0 Å². The predicted octanol–water partition coefficient (Wildman–Crippen LogP) is 2.74. The van der Waals surface area contributed by atoms with E-state index >= 15 is 0 Å². The largest absolute Gasteiger partial charge is 0.486 e. The summed E-state index contributed by atoms with van der Waals surface area (Å²) in [4.78, 5) is 0. The predicted molar refractivity (Wildman–Crippen MR) is 70.3 cm³/mol. The van der Waals surface area contributed by atoms with Crippen molar-refractivity contribution < 1.29 is 17.9 Å². The van der Waals surface area contributed by atoms with Crippen LogP contribution in [-0.2, 0) is 21.2 Å². The maximum Gasteiger partial charge on any atom is 0.236 e. The molecule has 0 radical (unpaired) electrons. The van der Waals surface area contributed by atoms with E-state index < -0.39 is 9.05 Å². The number of fused-ring (bicyclic) bond motifs is 1. The molecule has 0 bridgehead atoms. The Labute approximate surface area is 115 Å². The van der Waals surface area contributed by atoms with Gasteiger partial charge in [0.25, 0.3) is 0 Å². The Bertz CT molecular complexity index is 569. The zero-order valence-electron chi connectivity index (χ0n) is 9.70. The highest BCUT2D eigenvalue weighted by Crippen LogP contribution is 2.42. The van der Waals surface area contributed by atoms with Crippen LogP contribution in [0.1, 0.15) is 18.1 Å².